The number of hydrogen-bond acceptors (Lipinski definition) is 3. The molecule has 0 saturated carbocycles. The highest BCUT2D eigenvalue weighted by Crippen LogP contribution is 2.20. The van der Waals surface area contributed by atoms with Gasteiger partial charge in [-0.25, -0.2) is 0 Å². The lowest BCUT2D eigenvalue weighted by Crippen LogP contribution is -2.29. The first-order chi connectivity index (χ1) is 12.7. The molecule has 2 aromatic rings. The Morgan fingerprint density at radius 3 is 2.54 bits per heavy atom. The zero-order valence-corrected chi connectivity index (χ0v) is 16.5. The SMILES string of the molecule is O=C(CSc1ccc(Cl)cc1)NCc1cccc(CN2CCCCC2)c1. The number of amides is 1. The zero-order chi connectivity index (χ0) is 18.2. The quantitative estimate of drug-likeness (QED) is 0.695. The van der Waals surface area contributed by atoms with Gasteiger partial charge in [-0.1, -0.05) is 42.3 Å². The summed E-state index contributed by atoms with van der Waals surface area (Å²) in [6.07, 6.45) is 3.97. The summed E-state index contributed by atoms with van der Waals surface area (Å²) in [7, 11) is 0. The Kier molecular flexibility index (Phi) is 7.42. The van der Waals surface area contributed by atoms with Crippen LogP contribution in [0.5, 0.6) is 0 Å². The van der Waals surface area contributed by atoms with E-state index in [0.717, 1.165) is 17.0 Å². The van der Waals surface area contributed by atoms with Crippen molar-refractivity contribution in [3.05, 3.63) is 64.7 Å². The second kappa shape index (κ2) is 10.0. The van der Waals surface area contributed by atoms with Gasteiger partial charge in [0.2, 0.25) is 5.91 Å². The van der Waals surface area contributed by atoms with Crippen molar-refractivity contribution in [2.75, 3.05) is 18.8 Å². The van der Waals surface area contributed by atoms with Gasteiger partial charge in [0, 0.05) is 23.0 Å². The van der Waals surface area contributed by atoms with E-state index in [-0.39, 0.29) is 5.91 Å². The van der Waals surface area contributed by atoms with Crippen LogP contribution in [-0.4, -0.2) is 29.6 Å². The summed E-state index contributed by atoms with van der Waals surface area (Å²) < 4.78 is 0. The number of piperidine rings is 1. The Balaban J connectivity index is 1.44. The number of hydrogen-bond donors (Lipinski definition) is 1. The predicted molar refractivity (Wildman–Crippen MR) is 110 cm³/mol. The van der Waals surface area contributed by atoms with Crippen molar-refractivity contribution in [2.24, 2.45) is 0 Å². The number of thioether (sulfide) groups is 1. The van der Waals surface area contributed by atoms with Gasteiger partial charge < -0.3 is 5.32 Å². The van der Waals surface area contributed by atoms with Crippen LogP contribution in [0.1, 0.15) is 30.4 Å². The second-order valence-electron chi connectivity index (χ2n) is 6.68. The number of carbonyl (C=O) groups is 1. The molecule has 1 N–H and O–H groups in total. The van der Waals surface area contributed by atoms with Crippen LogP contribution in [0, 0.1) is 0 Å². The van der Waals surface area contributed by atoms with Gasteiger partial charge in [0.1, 0.15) is 0 Å². The van der Waals surface area contributed by atoms with E-state index in [9.17, 15) is 4.79 Å². The van der Waals surface area contributed by atoms with Crippen LogP contribution < -0.4 is 5.32 Å². The zero-order valence-electron chi connectivity index (χ0n) is 14.9. The Labute approximate surface area is 165 Å². The molecular weight excluding hydrogens is 364 g/mol. The fraction of sp³-hybridized carbons (Fsp3) is 0.381. The maximum Gasteiger partial charge on any atom is 0.230 e. The molecule has 0 spiro atoms. The predicted octanol–water partition coefficient (Wildman–Crippen LogP) is 4.73. The highest BCUT2D eigenvalue weighted by atomic mass is 35.5. The third-order valence-corrected chi connectivity index (χ3v) is 5.78. The molecule has 1 fully saturated rings. The van der Waals surface area contributed by atoms with Gasteiger partial charge in [0.05, 0.1) is 5.75 Å². The first-order valence-electron chi connectivity index (χ1n) is 9.14. The molecule has 0 bridgehead atoms. The largest absolute Gasteiger partial charge is 0.351 e. The lowest BCUT2D eigenvalue weighted by Gasteiger charge is -2.26. The highest BCUT2D eigenvalue weighted by molar-refractivity contribution is 8.00. The van der Waals surface area contributed by atoms with Crippen LogP contribution in [0.2, 0.25) is 5.02 Å². The summed E-state index contributed by atoms with van der Waals surface area (Å²) >= 11 is 7.40. The first-order valence-corrected chi connectivity index (χ1v) is 10.5. The van der Waals surface area contributed by atoms with E-state index in [2.05, 4.69) is 34.5 Å². The molecule has 0 radical (unpaired) electrons. The van der Waals surface area contributed by atoms with E-state index in [4.69, 9.17) is 11.6 Å². The van der Waals surface area contributed by atoms with Crippen LogP contribution in [-0.2, 0) is 17.9 Å². The van der Waals surface area contributed by atoms with E-state index in [1.165, 1.54) is 49.7 Å². The van der Waals surface area contributed by atoms with E-state index < -0.39 is 0 Å². The number of rotatable bonds is 7. The molecule has 1 amide bonds. The minimum Gasteiger partial charge on any atom is -0.351 e. The molecule has 1 saturated heterocycles. The van der Waals surface area contributed by atoms with Crippen molar-refractivity contribution in [3.8, 4) is 0 Å². The van der Waals surface area contributed by atoms with Crippen molar-refractivity contribution < 1.29 is 4.79 Å². The molecule has 1 heterocycles. The Hall–Kier alpha value is -1.49. The van der Waals surface area contributed by atoms with Crippen molar-refractivity contribution in [3.63, 3.8) is 0 Å². The number of nitrogens with zero attached hydrogens (tertiary/aromatic N) is 1. The van der Waals surface area contributed by atoms with Crippen molar-refractivity contribution in [1.29, 1.82) is 0 Å². The van der Waals surface area contributed by atoms with Crippen LogP contribution in [0.3, 0.4) is 0 Å². The number of likely N-dealkylation sites (tertiary alicyclic amines) is 1. The maximum absolute atomic E-state index is 12.1. The topological polar surface area (TPSA) is 32.3 Å². The Bertz CT molecular complexity index is 714. The summed E-state index contributed by atoms with van der Waals surface area (Å²) in [5, 5.41) is 3.72. The smallest absolute Gasteiger partial charge is 0.230 e. The average molecular weight is 389 g/mol. The summed E-state index contributed by atoms with van der Waals surface area (Å²) in [4.78, 5) is 15.7. The van der Waals surface area contributed by atoms with Crippen molar-refractivity contribution >= 4 is 29.3 Å². The third kappa shape index (κ3) is 6.35. The summed E-state index contributed by atoms with van der Waals surface area (Å²) in [5.41, 5.74) is 2.48. The molecule has 3 rings (SSSR count). The van der Waals surface area contributed by atoms with Crippen LogP contribution in [0.15, 0.2) is 53.4 Å². The van der Waals surface area contributed by atoms with Crippen LogP contribution in [0.25, 0.3) is 0 Å². The number of nitrogens with one attached hydrogen (secondary N) is 1. The lowest BCUT2D eigenvalue weighted by atomic mass is 10.1. The second-order valence-corrected chi connectivity index (χ2v) is 8.16. The van der Waals surface area contributed by atoms with E-state index in [1.807, 2.05) is 24.3 Å². The molecule has 3 nitrogen and oxygen atoms in total. The van der Waals surface area contributed by atoms with Crippen LogP contribution >= 0.6 is 23.4 Å². The van der Waals surface area contributed by atoms with Gasteiger partial charge in [-0.15, -0.1) is 11.8 Å². The van der Waals surface area contributed by atoms with Crippen molar-refractivity contribution in [1.82, 2.24) is 10.2 Å². The van der Waals surface area contributed by atoms with Gasteiger partial charge in [-0.2, -0.15) is 0 Å². The Morgan fingerprint density at radius 1 is 1.04 bits per heavy atom. The number of halogens is 1. The standard InChI is InChI=1S/C21H25ClN2OS/c22-19-7-9-20(10-8-19)26-16-21(25)23-14-17-5-4-6-18(13-17)15-24-11-2-1-3-12-24/h4-10,13H,1-3,11-12,14-16H2,(H,23,25). The van der Waals surface area contributed by atoms with E-state index in [1.54, 1.807) is 0 Å². The summed E-state index contributed by atoms with van der Waals surface area (Å²) in [6, 6.07) is 16.1. The van der Waals surface area contributed by atoms with Gasteiger partial charge in [-0.05, 0) is 61.3 Å². The molecule has 0 aliphatic carbocycles. The highest BCUT2D eigenvalue weighted by Gasteiger charge is 2.10. The first kappa shape index (κ1) is 19.3. The molecule has 2 aromatic carbocycles. The molecule has 0 aromatic heterocycles. The normalized spacial score (nSPS) is 15.0. The molecule has 26 heavy (non-hydrogen) atoms. The van der Waals surface area contributed by atoms with Gasteiger partial charge >= 0.3 is 0 Å². The summed E-state index contributed by atoms with van der Waals surface area (Å²) in [5.74, 6) is 0.459. The van der Waals surface area contributed by atoms with E-state index >= 15 is 0 Å². The molecule has 0 unspecified atom stereocenters. The minimum atomic E-state index is 0.0476. The molecule has 1 aliphatic heterocycles. The summed E-state index contributed by atoms with van der Waals surface area (Å²) in [6.45, 7) is 3.98. The van der Waals surface area contributed by atoms with Crippen LogP contribution in [0.4, 0.5) is 0 Å². The average Bonchev–Trinajstić information content (AvgIpc) is 2.67. The lowest BCUT2D eigenvalue weighted by molar-refractivity contribution is -0.118. The number of benzene rings is 2. The fourth-order valence-corrected chi connectivity index (χ4v) is 4.00. The minimum absolute atomic E-state index is 0.0476. The molecule has 5 heteroatoms. The van der Waals surface area contributed by atoms with Gasteiger partial charge in [-0.3, -0.25) is 9.69 Å². The number of carbonyl (C=O) groups excluding carboxylic acids is 1. The third-order valence-electron chi connectivity index (χ3n) is 4.52. The molecule has 0 atom stereocenters. The molecule has 138 valence electrons. The van der Waals surface area contributed by atoms with Crippen molar-refractivity contribution in [2.45, 2.75) is 37.2 Å². The monoisotopic (exact) mass is 388 g/mol. The maximum atomic E-state index is 12.1. The Morgan fingerprint density at radius 2 is 1.77 bits per heavy atom. The van der Waals surface area contributed by atoms with E-state index in [0.29, 0.717) is 17.3 Å². The molecular formula is C21H25ClN2OS. The molecule has 1 aliphatic rings. The van der Waals surface area contributed by atoms with Gasteiger partial charge in [0.25, 0.3) is 0 Å². The van der Waals surface area contributed by atoms with Gasteiger partial charge in [0.15, 0.2) is 0 Å². The fourth-order valence-electron chi connectivity index (χ4n) is 3.15.